The fourth-order valence-electron chi connectivity index (χ4n) is 2.41. The molecule has 2 aromatic rings. The number of unbranched alkanes of at least 4 members (excludes halogenated alkanes) is 3. The van der Waals surface area contributed by atoms with E-state index < -0.39 is 0 Å². The van der Waals surface area contributed by atoms with Crippen LogP contribution in [0.4, 0.5) is 0 Å². The summed E-state index contributed by atoms with van der Waals surface area (Å²) in [5, 5.41) is 4.23. The minimum absolute atomic E-state index is 0.537. The molecule has 0 radical (unpaired) electrons. The molecule has 0 aliphatic rings. The molecule has 0 atom stereocenters. The van der Waals surface area contributed by atoms with Gasteiger partial charge in [-0.25, -0.2) is 0 Å². The fourth-order valence-corrected chi connectivity index (χ4v) is 2.62. The van der Waals surface area contributed by atoms with Crippen LogP contribution in [0.3, 0.4) is 0 Å². The Morgan fingerprint density at radius 1 is 0.957 bits per heavy atom. The Morgan fingerprint density at radius 2 is 1.78 bits per heavy atom. The van der Waals surface area contributed by atoms with E-state index in [0.29, 0.717) is 6.61 Å². The first-order valence-electron chi connectivity index (χ1n) is 8.45. The summed E-state index contributed by atoms with van der Waals surface area (Å²) in [4.78, 5) is 0. The summed E-state index contributed by atoms with van der Waals surface area (Å²) in [5.74, 6) is 0.886. The molecule has 2 rings (SSSR count). The smallest absolute Gasteiger partial charge is 0.119 e. The van der Waals surface area contributed by atoms with Crippen molar-refractivity contribution in [1.82, 2.24) is 5.32 Å². The normalized spacial score (nSPS) is 10.7. The molecule has 124 valence electrons. The first kappa shape index (κ1) is 17.8. The molecule has 2 aromatic carbocycles. The van der Waals surface area contributed by atoms with Crippen molar-refractivity contribution in [2.24, 2.45) is 0 Å². The van der Waals surface area contributed by atoms with Crippen molar-refractivity contribution in [3.63, 3.8) is 0 Å². The van der Waals surface area contributed by atoms with Crippen molar-refractivity contribution in [3.8, 4) is 5.75 Å². The maximum Gasteiger partial charge on any atom is 0.119 e. The van der Waals surface area contributed by atoms with Gasteiger partial charge in [0.15, 0.2) is 0 Å². The van der Waals surface area contributed by atoms with Crippen molar-refractivity contribution in [3.05, 3.63) is 64.7 Å². The van der Waals surface area contributed by atoms with E-state index >= 15 is 0 Å². The van der Waals surface area contributed by atoms with Crippen molar-refractivity contribution in [2.75, 3.05) is 6.54 Å². The van der Waals surface area contributed by atoms with Crippen LogP contribution in [0.2, 0.25) is 5.02 Å². The number of hydrogen-bond donors (Lipinski definition) is 1. The molecule has 0 saturated heterocycles. The second kappa shape index (κ2) is 10.3. The Bertz CT molecular complexity index is 568. The first-order chi connectivity index (χ1) is 11.3. The molecule has 1 N–H and O–H groups in total. The lowest BCUT2D eigenvalue weighted by molar-refractivity contribution is 0.306. The summed E-state index contributed by atoms with van der Waals surface area (Å²) in [5.41, 5.74) is 2.37. The quantitative estimate of drug-likeness (QED) is 0.573. The standard InChI is InChI=1S/C20H26ClNO/c1-2-3-4-5-13-22-15-17-9-11-20(12-10-17)23-16-18-7-6-8-19(21)14-18/h6-12,14,22H,2-5,13,15-16H2,1H3. The number of hydrogen-bond acceptors (Lipinski definition) is 2. The lowest BCUT2D eigenvalue weighted by Crippen LogP contribution is -2.14. The fraction of sp³-hybridized carbons (Fsp3) is 0.400. The topological polar surface area (TPSA) is 21.3 Å². The van der Waals surface area contributed by atoms with Gasteiger partial charge in [0.25, 0.3) is 0 Å². The van der Waals surface area contributed by atoms with Crippen LogP contribution in [0.5, 0.6) is 5.75 Å². The molecule has 0 bridgehead atoms. The molecule has 0 amide bonds. The van der Waals surface area contributed by atoms with Gasteiger partial charge >= 0.3 is 0 Å². The summed E-state index contributed by atoms with van der Waals surface area (Å²) in [6, 6.07) is 16.0. The van der Waals surface area contributed by atoms with Gasteiger partial charge in [0.05, 0.1) is 0 Å². The van der Waals surface area contributed by atoms with Gasteiger partial charge in [-0.15, -0.1) is 0 Å². The molecule has 0 unspecified atom stereocenters. The maximum atomic E-state index is 5.97. The molecule has 0 heterocycles. The highest BCUT2D eigenvalue weighted by molar-refractivity contribution is 6.30. The van der Waals surface area contributed by atoms with Crippen LogP contribution in [-0.4, -0.2) is 6.54 Å². The van der Waals surface area contributed by atoms with Crippen LogP contribution in [-0.2, 0) is 13.2 Å². The summed E-state index contributed by atoms with van der Waals surface area (Å²) in [6.07, 6.45) is 5.20. The van der Waals surface area contributed by atoms with E-state index in [-0.39, 0.29) is 0 Å². The molecule has 3 heteroatoms. The average Bonchev–Trinajstić information content (AvgIpc) is 2.57. The summed E-state index contributed by atoms with van der Waals surface area (Å²) in [6.45, 7) is 4.78. The van der Waals surface area contributed by atoms with Gasteiger partial charge < -0.3 is 10.1 Å². The van der Waals surface area contributed by atoms with E-state index in [2.05, 4.69) is 24.4 Å². The van der Waals surface area contributed by atoms with Crippen LogP contribution in [0.1, 0.15) is 43.7 Å². The zero-order valence-corrected chi connectivity index (χ0v) is 14.6. The highest BCUT2D eigenvalue weighted by Gasteiger charge is 1.98. The maximum absolute atomic E-state index is 5.97. The Balaban J connectivity index is 1.70. The van der Waals surface area contributed by atoms with Gasteiger partial charge in [-0.3, -0.25) is 0 Å². The van der Waals surface area contributed by atoms with Crippen LogP contribution < -0.4 is 10.1 Å². The lowest BCUT2D eigenvalue weighted by atomic mass is 10.2. The van der Waals surface area contributed by atoms with Gasteiger partial charge in [-0.05, 0) is 48.4 Å². The SMILES string of the molecule is CCCCCCNCc1ccc(OCc2cccc(Cl)c2)cc1. The van der Waals surface area contributed by atoms with Gasteiger partial charge in [-0.1, -0.05) is 62.1 Å². The molecule has 23 heavy (non-hydrogen) atoms. The number of benzene rings is 2. The molecule has 0 fully saturated rings. The van der Waals surface area contributed by atoms with Crippen LogP contribution in [0.25, 0.3) is 0 Å². The third kappa shape index (κ3) is 7.06. The number of rotatable bonds is 10. The average molecular weight is 332 g/mol. The van der Waals surface area contributed by atoms with E-state index in [4.69, 9.17) is 16.3 Å². The monoisotopic (exact) mass is 331 g/mol. The van der Waals surface area contributed by atoms with Crippen molar-refractivity contribution in [2.45, 2.75) is 45.8 Å². The predicted octanol–water partition coefficient (Wildman–Crippen LogP) is 5.59. The van der Waals surface area contributed by atoms with E-state index in [1.165, 1.54) is 31.2 Å². The van der Waals surface area contributed by atoms with E-state index in [9.17, 15) is 0 Å². The molecule has 2 nitrogen and oxygen atoms in total. The Labute approximate surface area is 144 Å². The summed E-state index contributed by atoms with van der Waals surface area (Å²) >= 11 is 5.97. The Hall–Kier alpha value is -1.51. The highest BCUT2D eigenvalue weighted by atomic mass is 35.5. The molecule has 0 saturated carbocycles. The van der Waals surface area contributed by atoms with Gasteiger partial charge in [0.1, 0.15) is 12.4 Å². The zero-order chi connectivity index (χ0) is 16.3. The third-order valence-electron chi connectivity index (χ3n) is 3.75. The minimum atomic E-state index is 0.537. The van der Waals surface area contributed by atoms with E-state index in [1.54, 1.807) is 0 Å². The van der Waals surface area contributed by atoms with Crippen LogP contribution >= 0.6 is 11.6 Å². The molecular formula is C20H26ClNO. The Kier molecular flexibility index (Phi) is 7.99. The second-order valence-corrected chi connectivity index (χ2v) is 6.24. The van der Waals surface area contributed by atoms with Gasteiger partial charge in [-0.2, -0.15) is 0 Å². The van der Waals surface area contributed by atoms with Crippen molar-refractivity contribution >= 4 is 11.6 Å². The molecule has 0 aromatic heterocycles. The van der Waals surface area contributed by atoms with Gasteiger partial charge in [0.2, 0.25) is 0 Å². The minimum Gasteiger partial charge on any atom is -0.489 e. The van der Waals surface area contributed by atoms with Crippen molar-refractivity contribution in [1.29, 1.82) is 0 Å². The van der Waals surface area contributed by atoms with E-state index in [0.717, 1.165) is 29.4 Å². The van der Waals surface area contributed by atoms with Crippen LogP contribution in [0, 0.1) is 0 Å². The highest BCUT2D eigenvalue weighted by Crippen LogP contribution is 2.16. The molecule has 0 spiro atoms. The second-order valence-electron chi connectivity index (χ2n) is 5.80. The van der Waals surface area contributed by atoms with Crippen molar-refractivity contribution < 1.29 is 4.74 Å². The number of halogens is 1. The molecule has 0 aliphatic heterocycles. The predicted molar refractivity (Wildman–Crippen MR) is 98.1 cm³/mol. The first-order valence-corrected chi connectivity index (χ1v) is 8.82. The zero-order valence-electron chi connectivity index (χ0n) is 13.9. The Morgan fingerprint density at radius 3 is 2.52 bits per heavy atom. The van der Waals surface area contributed by atoms with Gasteiger partial charge in [0, 0.05) is 11.6 Å². The number of nitrogens with one attached hydrogen (secondary N) is 1. The van der Waals surface area contributed by atoms with Crippen LogP contribution in [0.15, 0.2) is 48.5 Å². The molecule has 0 aliphatic carbocycles. The number of ether oxygens (including phenoxy) is 1. The molecular weight excluding hydrogens is 306 g/mol. The largest absolute Gasteiger partial charge is 0.489 e. The van der Waals surface area contributed by atoms with E-state index in [1.807, 2.05) is 36.4 Å². The summed E-state index contributed by atoms with van der Waals surface area (Å²) < 4.78 is 5.79. The third-order valence-corrected chi connectivity index (χ3v) is 3.99. The lowest BCUT2D eigenvalue weighted by Gasteiger charge is -2.08. The summed E-state index contributed by atoms with van der Waals surface area (Å²) in [7, 11) is 0.